The van der Waals surface area contributed by atoms with Gasteiger partial charge in [0.05, 0.1) is 16.7 Å². The van der Waals surface area contributed by atoms with E-state index in [0.717, 1.165) is 19.6 Å². The van der Waals surface area contributed by atoms with Crippen LogP contribution in [-0.2, 0) is 0 Å². The highest BCUT2D eigenvalue weighted by Gasteiger charge is 2.20. The number of rotatable bonds is 2. The number of hydrogen-bond acceptors (Lipinski definition) is 4. The van der Waals surface area contributed by atoms with Gasteiger partial charge in [-0.25, -0.2) is 4.98 Å². The zero-order chi connectivity index (χ0) is 11.5. The summed E-state index contributed by atoms with van der Waals surface area (Å²) in [5.74, 6) is 0. The minimum absolute atomic E-state index is 0.463. The Balaban J connectivity index is 2.10. The van der Waals surface area contributed by atoms with Crippen molar-refractivity contribution in [3.63, 3.8) is 0 Å². The Kier molecular flexibility index (Phi) is 3.95. The lowest BCUT2D eigenvalue weighted by Gasteiger charge is -2.26. The Labute approximate surface area is 102 Å². The summed E-state index contributed by atoms with van der Waals surface area (Å²) in [6, 6.07) is 0.463. The SMILES string of the molecule is Cc1nc(C(C)N2CCCNCC2)c(C)s1. The number of nitrogens with one attached hydrogen (secondary N) is 1. The fraction of sp³-hybridized carbons (Fsp3) is 0.750. The highest BCUT2D eigenvalue weighted by Crippen LogP contribution is 2.26. The van der Waals surface area contributed by atoms with Gasteiger partial charge in [0.15, 0.2) is 0 Å². The normalized spacial score (nSPS) is 20.7. The molecule has 1 fully saturated rings. The van der Waals surface area contributed by atoms with Gasteiger partial charge in [-0.15, -0.1) is 11.3 Å². The lowest BCUT2D eigenvalue weighted by molar-refractivity contribution is 0.221. The van der Waals surface area contributed by atoms with Crippen molar-refractivity contribution >= 4 is 11.3 Å². The van der Waals surface area contributed by atoms with Crippen LogP contribution in [0.4, 0.5) is 0 Å². The maximum atomic E-state index is 4.67. The van der Waals surface area contributed by atoms with Gasteiger partial charge in [0, 0.05) is 24.5 Å². The maximum absolute atomic E-state index is 4.67. The van der Waals surface area contributed by atoms with Crippen molar-refractivity contribution in [2.24, 2.45) is 0 Å². The van der Waals surface area contributed by atoms with Crippen molar-refractivity contribution in [1.82, 2.24) is 15.2 Å². The molecule has 1 aromatic rings. The minimum Gasteiger partial charge on any atom is -0.315 e. The lowest BCUT2D eigenvalue weighted by atomic mass is 10.2. The van der Waals surface area contributed by atoms with Gasteiger partial charge in [-0.3, -0.25) is 4.90 Å². The second-order valence-electron chi connectivity index (χ2n) is 4.49. The third-order valence-electron chi connectivity index (χ3n) is 3.26. The molecule has 0 aromatic carbocycles. The van der Waals surface area contributed by atoms with E-state index < -0.39 is 0 Å². The highest BCUT2D eigenvalue weighted by molar-refractivity contribution is 7.11. The summed E-state index contributed by atoms with van der Waals surface area (Å²) in [7, 11) is 0. The first kappa shape index (κ1) is 12.0. The van der Waals surface area contributed by atoms with Crippen LogP contribution in [0.1, 0.15) is 35.0 Å². The molecule has 1 aliphatic rings. The molecule has 90 valence electrons. The van der Waals surface area contributed by atoms with E-state index in [4.69, 9.17) is 0 Å². The monoisotopic (exact) mass is 239 g/mol. The van der Waals surface area contributed by atoms with Gasteiger partial charge < -0.3 is 5.32 Å². The predicted molar refractivity (Wildman–Crippen MR) is 69.1 cm³/mol. The van der Waals surface area contributed by atoms with Crippen LogP contribution in [0.15, 0.2) is 0 Å². The molecule has 1 aliphatic heterocycles. The Hall–Kier alpha value is -0.450. The van der Waals surface area contributed by atoms with Crippen molar-refractivity contribution in [2.75, 3.05) is 26.2 Å². The Morgan fingerprint density at radius 2 is 2.12 bits per heavy atom. The Morgan fingerprint density at radius 1 is 1.31 bits per heavy atom. The topological polar surface area (TPSA) is 28.2 Å². The van der Waals surface area contributed by atoms with Gasteiger partial charge in [-0.1, -0.05) is 0 Å². The first-order valence-electron chi connectivity index (χ1n) is 6.07. The lowest BCUT2D eigenvalue weighted by Crippen LogP contribution is -2.31. The number of aryl methyl sites for hydroxylation is 2. The quantitative estimate of drug-likeness (QED) is 0.857. The maximum Gasteiger partial charge on any atom is 0.0900 e. The van der Waals surface area contributed by atoms with E-state index in [1.54, 1.807) is 0 Å². The molecule has 2 rings (SSSR count). The molecule has 0 amide bonds. The third kappa shape index (κ3) is 2.62. The van der Waals surface area contributed by atoms with E-state index >= 15 is 0 Å². The summed E-state index contributed by atoms with van der Waals surface area (Å²) in [6.45, 7) is 11.1. The average Bonchev–Trinajstić information content (AvgIpc) is 2.49. The van der Waals surface area contributed by atoms with E-state index in [9.17, 15) is 0 Å². The van der Waals surface area contributed by atoms with Crippen LogP contribution < -0.4 is 5.32 Å². The van der Waals surface area contributed by atoms with Gasteiger partial charge in [-0.2, -0.15) is 0 Å². The zero-order valence-corrected chi connectivity index (χ0v) is 11.2. The van der Waals surface area contributed by atoms with E-state index in [2.05, 4.69) is 36.0 Å². The van der Waals surface area contributed by atoms with E-state index in [1.165, 1.54) is 28.5 Å². The van der Waals surface area contributed by atoms with Crippen molar-refractivity contribution in [3.05, 3.63) is 15.6 Å². The highest BCUT2D eigenvalue weighted by atomic mass is 32.1. The Bertz CT molecular complexity index is 340. The van der Waals surface area contributed by atoms with Gasteiger partial charge in [0.25, 0.3) is 0 Å². The van der Waals surface area contributed by atoms with Gasteiger partial charge in [0.2, 0.25) is 0 Å². The smallest absolute Gasteiger partial charge is 0.0900 e. The average molecular weight is 239 g/mol. The Morgan fingerprint density at radius 3 is 2.81 bits per heavy atom. The molecule has 1 atom stereocenters. The van der Waals surface area contributed by atoms with Crippen LogP contribution in [0.5, 0.6) is 0 Å². The minimum atomic E-state index is 0.463. The molecule has 16 heavy (non-hydrogen) atoms. The van der Waals surface area contributed by atoms with Crippen LogP contribution in [0.3, 0.4) is 0 Å². The predicted octanol–water partition coefficient (Wildman–Crippen LogP) is 2.12. The molecule has 2 heterocycles. The largest absolute Gasteiger partial charge is 0.315 e. The summed E-state index contributed by atoms with van der Waals surface area (Å²) in [5, 5.41) is 4.63. The molecule has 0 aliphatic carbocycles. The van der Waals surface area contributed by atoms with Crippen molar-refractivity contribution in [3.8, 4) is 0 Å². The van der Waals surface area contributed by atoms with Crippen molar-refractivity contribution < 1.29 is 0 Å². The first-order chi connectivity index (χ1) is 7.68. The summed E-state index contributed by atoms with van der Waals surface area (Å²) >= 11 is 1.81. The molecule has 0 saturated carbocycles. The molecule has 4 heteroatoms. The van der Waals surface area contributed by atoms with Crippen LogP contribution in [0.25, 0.3) is 0 Å². The second-order valence-corrected chi connectivity index (χ2v) is 5.90. The summed E-state index contributed by atoms with van der Waals surface area (Å²) in [6.07, 6.45) is 1.24. The molecular formula is C12H21N3S. The van der Waals surface area contributed by atoms with Gasteiger partial charge >= 0.3 is 0 Å². The molecule has 0 bridgehead atoms. The fourth-order valence-corrected chi connectivity index (χ4v) is 3.27. The molecule has 1 N–H and O–H groups in total. The van der Waals surface area contributed by atoms with Crippen molar-refractivity contribution in [2.45, 2.75) is 33.2 Å². The van der Waals surface area contributed by atoms with E-state index in [-0.39, 0.29) is 0 Å². The standard InChI is InChI=1S/C12H21N3S/c1-9(12-10(2)16-11(3)14-12)15-7-4-5-13-6-8-15/h9,13H,4-8H2,1-3H3. The molecular weight excluding hydrogens is 218 g/mol. The van der Waals surface area contributed by atoms with Gasteiger partial charge in [-0.05, 0) is 33.7 Å². The summed E-state index contributed by atoms with van der Waals surface area (Å²) in [5.41, 5.74) is 1.28. The third-order valence-corrected chi connectivity index (χ3v) is 4.16. The van der Waals surface area contributed by atoms with Gasteiger partial charge in [0.1, 0.15) is 0 Å². The molecule has 0 radical (unpaired) electrons. The molecule has 1 aromatic heterocycles. The van der Waals surface area contributed by atoms with Crippen LogP contribution in [0.2, 0.25) is 0 Å². The molecule has 1 saturated heterocycles. The van der Waals surface area contributed by atoms with Crippen LogP contribution >= 0.6 is 11.3 Å². The number of aromatic nitrogens is 1. The molecule has 3 nitrogen and oxygen atoms in total. The van der Waals surface area contributed by atoms with E-state index in [1.807, 2.05) is 11.3 Å². The van der Waals surface area contributed by atoms with Crippen LogP contribution in [0, 0.1) is 13.8 Å². The summed E-state index contributed by atoms with van der Waals surface area (Å²) < 4.78 is 0. The molecule has 1 unspecified atom stereocenters. The first-order valence-corrected chi connectivity index (χ1v) is 6.89. The summed E-state index contributed by atoms with van der Waals surface area (Å²) in [4.78, 5) is 8.59. The van der Waals surface area contributed by atoms with E-state index in [0.29, 0.717) is 6.04 Å². The number of thiazole rings is 1. The molecule has 0 spiro atoms. The number of hydrogen-bond donors (Lipinski definition) is 1. The van der Waals surface area contributed by atoms with Crippen LogP contribution in [-0.4, -0.2) is 36.1 Å². The number of nitrogens with zero attached hydrogens (tertiary/aromatic N) is 2. The van der Waals surface area contributed by atoms with Crippen molar-refractivity contribution in [1.29, 1.82) is 0 Å². The zero-order valence-electron chi connectivity index (χ0n) is 10.4. The fourth-order valence-electron chi connectivity index (χ4n) is 2.36. The second kappa shape index (κ2) is 5.25.